The zero-order valence-corrected chi connectivity index (χ0v) is 8.21. The van der Waals surface area contributed by atoms with Gasteiger partial charge in [0.1, 0.15) is 0 Å². The summed E-state index contributed by atoms with van der Waals surface area (Å²) in [6.07, 6.45) is 1.81. The predicted molar refractivity (Wildman–Crippen MR) is 55.1 cm³/mol. The Hall–Kier alpha value is -1.33. The largest absolute Gasteiger partial charge is 0.361 e. The number of nitrogens with one attached hydrogen (secondary N) is 1. The fourth-order valence-electron chi connectivity index (χ4n) is 1.42. The maximum absolute atomic E-state index is 10.8. The molecule has 74 valence electrons. The number of aromatic amines is 1. The quantitative estimate of drug-likeness (QED) is 0.774. The van der Waals surface area contributed by atoms with E-state index in [1.165, 1.54) is 0 Å². The van der Waals surface area contributed by atoms with Crippen LogP contribution in [0.5, 0.6) is 0 Å². The van der Waals surface area contributed by atoms with Gasteiger partial charge in [-0.1, -0.05) is 12.1 Å². The standard InChI is InChI=1S/C9H10N2O2S/c10-14(12,13)6-7-1-2-8-3-4-11-9(8)5-7/h1-5,11H,6H2,(H2,10,12,13). The van der Waals surface area contributed by atoms with Gasteiger partial charge in [-0.15, -0.1) is 0 Å². The zero-order valence-electron chi connectivity index (χ0n) is 7.40. The van der Waals surface area contributed by atoms with E-state index in [1.54, 1.807) is 12.1 Å². The fourth-order valence-corrected chi connectivity index (χ4v) is 2.06. The zero-order chi connectivity index (χ0) is 10.2. The van der Waals surface area contributed by atoms with Crippen molar-refractivity contribution >= 4 is 20.9 Å². The summed E-state index contributed by atoms with van der Waals surface area (Å²) >= 11 is 0. The predicted octanol–water partition coefficient (Wildman–Crippen LogP) is 0.956. The summed E-state index contributed by atoms with van der Waals surface area (Å²) in [5.74, 6) is -0.123. The molecule has 14 heavy (non-hydrogen) atoms. The van der Waals surface area contributed by atoms with Gasteiger partial charge in [0.05, 0.1) is 5.75 Å². The first-order chi connectivity index (χ1) is 6.54. The molecule has 2 rings (SSSR count). The molecular weight excluding hydrogens is 200 g/mol. The van der Waals surface area contributed by atoms with Gasteiger partial charge in [0.25, 0.3) is 0 Å². The van der Waals surface area contributed by atoms with E-state index in [0.717, 1.165) is 10.9 Å². The van der Waals surface area contributed by atoms with E-state index in [4.69, 9.17) is 5.14 Å². The third-order valence-corrected chi connectivity index (χ3v) is 2.72. The van der Waals surface area contributed by atoms with E-state index in [1.807, 2.05) is 18.3 Å². The summed E-state index contributed by atoms with van der Waals surface area (Å²) in [6.45, 7) is 0. The van der Waals surface area contributed by atoms with Crippen molar-refractivity contribution in [1.29, 1.82) is 0 Å². The summed E-state index contributed by atoms with van der Waals surface area (Å²) in [7, 11) is -3.44. The third-order valence-electron chi connectivity index (χ3n) is 1.99. The van der Waals surface area contributed by atoms with E-state index in [-0.39, 0.29) is 5.75 Å². The lowest BCUT2D eigenvalue weighted by molar-refractivity contribution is 0.597. The van der Waals surface area contributed by atoms with Gasteiger partial charge in [0, 0.05) is 11.7 Å². The molecule has 0 amide bonds. The number of hydrogen-bond acceptors (Lipinski definition) is 2. The molecule has 1 aromatic heterocycles. The summed E-state index contributed by atoms with van der Waals surface area (Å²) in [6, 6.07) is 7.35. The second-order valence-electron chi connectivity index (χ2n) is 3.21. The van der Waals surface area contributed by atoms with Crippen LogP contribution in [0.25, 0.3) is 10.9 Å². The van der Waals surface area contributed by atoms with Crippen LogP contribution in [0.3, 0.4) is 0 Å². The van der Waals surface area contributed by atoms with Crippen LogP contribution in [-0.2, 0) is 15.8 Å². The molecule has 0 unspecified atom stereocenters. The van der Waals surface area contributed by atoms with E-state index in [2.05, 4.69) is 4.98 Å². The van der Waals surface area contributed by atoms with E-state index < -0.39 is 10.0 Å². The first-order valence-corrected chi connectivity index (χ1v) is 5.83. The summed E-state index contributed by atoms with van der Waals surface area (Å²) in [4.78, 5) is 3.01. The van der Waals surface area contributed by atoms with E-state index in [0.29, 0.717) is 5.56 Å². The highest BCUT2D eigenvalue weighted by atomic mass is 32.2. The van der Waals surface area contributed by atoms with E-state index in [9.17, 15) is 8.42 Å². The highest BCUT2D eigenvalue weighted by Crippen LogP contribution is 2.15. The van der Waals surface area contributed by atoms with Crippen LogP contribution in [0, 0.1) is 0 Å². The number of aromatic nitrogens is 1. The minimum Gasteiger partial charge on any atom is -0.361 e. The van der Waals surface area contributed by atoms with Crippen molar-refractivity contribution in [1.82, 2.24) is 4.98 Å². The summed E-state index contributed by atoms with van der Waals surface area (Å²) < 4.78 is 21.7. The number of sulfonamides is 1. The molecule has 4 nitrogen and oxygen atoms in total. The summed E-state index contributed by atoms with van der Waals surface area (Å²) in [5.41, 5.74) is 1.62. The van der Waals surface area contributed by atoms with Crippen molar-refractivity contribution in [2.45, 2.75) is 5.75 Å². The molecule has 0 spiro atoms. The highest BCUT2D eigenvalue weighted by molar-refractivity contribution is 7.88. The minimum atomic E-state index is -3.44. The van der Waals surface area contributed by atoms with Crippen LogP contribution >= 0.6 is 0 Å². The second kappa shape index (κ2) is 3.11. The molecule has 0 radical (unpaired) electrons. The SMILES string of the molecule is NS(=O)(=O)Cc1ccc2cc[nH]c2c1. The van der Waals surface area contributed by atoms with Gasteiger partial charge in [-0.3, -0.25) is 0 Å². The molecule has 1 heterocycles. The van der Waals surface area contributed by atoms with Gasteiger partial charge in [-0.05, 0) is 23.1 Å². The molecule has 0 saturated heterocycles. The number of primary sulfonamides is 1. The Morgan fingerprint density at radius 1 is 1.29 bits per heavy atom. The molecule has 0 saturated carbocycles. The van der Waals surface area contributed by atoms with E-state index >= 15 is 0 Å². The van der Waals surface area contributed by atoms with Gasteiger partial charge in [0.15, 0.2) is 0 Å². The lowest BCUT2D eigenvalue weighted by atomic mass is 10.2. The van der Waals surface area contributed by atoms with Gasteiger partial charge < -0.3 is 4.98 Å². The molecule has 3 N–H and O–H groups in total. The van der Waals surface area contributed by atoms with Gasteiger partial charge in [0.2, 0.25) is 10.0 Å². The van der Waals surface area contributed by atoms with Crippen molar-refractivity contribution in [3.63, 3.8) is 0 Å². The fraction of sp³-hybridized carbons (Fsp3) is 0.111. The van der Waals surface area contributed by atoms with Crippen LogP contribution < -0.4 is 5.14 Å². The molecule has 2 aromatic rings. The maximum Gasteiger partial charge on any atom is 0.213 e. The minimum absolute atomic E-state index is 0.123. The maximum atomic E-state index is 10.8. The number of fused-ring (bicyclic) bond motifs is 1. The Balaban J connectivity index is 2.44. The summed E-state index contributed by atoms with van der Waals surface area (Å²) in [5, 5.41) is 6.01. The van der Waals surface area contributed by atoms with Crippen LogP contribution in [0.2, 0.25) is 0 Å². The smallest absolute Gasteiger partial charge is 0.213 e. The number of rotatable bonds is 2. The van der Waals surface area contributed by atoms with Crippen molar-refractivity contribution in [3.05, 3.63) is 36.0 Å². The Morgan fingerprint density at radius 2 is 2.07 bits per heavy atom. The van der Waals surface area contributed by atoms with Crippen LogP contribution in [-0.4, -0.2) is 13.4 Å². The average Bonchev–Trinajstić information content (AvgIpc) is 2.47. The third kappa shape index (κ3) is 1.94. The molecule has 0 aliphatic carbocycles. The molecule has 1 aromatic carbocycles. The van der Waals surface area contributed by atoms with Crippen molar-refractivity contribution < 1.29 is 8.42 Å². The normalized spacial score (nSPS) is 12.1. The number of benzene rings is 1. The van der Waals surface area contributed by atoms with Crippen LogP contribution in [0.1, 0.15) is 5.56 Å². The average molecular weight is 210 g/mol. The Kier molecular flexibility index (Phi) is 2.05. The van der Waals surface area contributed by atoms with Crippen molar-refractivity contribution in [3.8, 4) is 0 Å². The molecule has 0 bridgehead atoms. The molecule has 5 heteroatoms. The van der Waals surface area contributed by atoms with Gasteiger partial charge in [-0.2, -0.15) is 0 Å². The first-order valence-electron chi connectivity index (χ1n) is 4.11. The monoisotopic (exact) mass is 210 g/mol. The topological polar surface area (TPSA) is 76.0 Å². The Morgan fingerprint density at radius 3 is 2.79 bits per heavy atom. The molecule has 0 atom stereocenters. The molecular formula is C9H10N2O2S. The molecule has 0 aliphatic rings. The number of nitrogens with two attached hydrogens (primary N) is 1. The van der Waals surface area contributed by atoms with Crippen molar-refractivity contribution in [2.24, 2.45) is 5.14 Å². The van der Waals surface area contributed by atoms with Crippen LogP contribution in [0.4, 0.5) is 0 Å². The molecule has 0 fully saturated rings. The first kappa shape index (κ1) is 9.23. The molecule has 0 aliphatic heterocycles. The van der Waals surface area contributed by atoms with Crippen LogP contribution in [0.15, 0.2) is 30.5 Å². The van der Waals surface area contributed by atoms with Gasteiger partial charge >= 0.3 is 0 Å². The van der Waals surface area contributed by atoms with Crippen molar-refractivity contribution in [2.75, 3.05) is 0 Å². The second-order valence-corrected chi connectivity index (χ2v) is 4.82. The van der Waals surface area contributed by atoms with Gasteiger partial charge in [-0.25, -0.2) is 13.6 Å². The Bertz CT molecular complexity index is 557. The number of hydrogen-bond donors (Lipinski definition) is 2. The Labute approximate surface area is 81.8 Å². The lowest BCUT2D eigenvalue weighted by Gasteiger charge is -1.99. The highest BCUT2D eigenvalue weighted by Gasteiger charge is 2.05. The number of H-pyrrole nitrogens is 1. The lowest BCUT2D eigenvalue weighted by Crippen LogP contribution is -2.14.